The summed E-state index contributed by atoms with van der Waals surface area (Å²) in [6.45, 7) is 0.236. The van der Waals surface area contributed by atoms with Crippen molar-refractivity contribution in [3.8, 4) is 0 Å². The minimum Gasteiger partial charge on any atom is -0.458 e. The number of esters is 1. The Morgan fingerprint density at radius 2 is 2.11 bits per heavy atom. The van der Waals surface area contributed by atoms with E-state index in [0.717, 1.165) is 6.20 Å². The second-order valence-electron chi connectivity index (χ2n) is 3.70. The van der Waals surface area contributed by atoms with Crippen LogP contribution in [0.4, 0.5) is 5.82 Å². The first-order valence-electron chi connectivity index (χ1n) is 5.55. The van der Waals surface area contributed by atoms with Crippen LogP contribution < -0.4 is 0 Å². The van der Waals surface area contributed by atoms with E-state index in [9.17, 15) is 14.9 Å². The lowest BCUT2D eigenvalue weighted by atomic mass is 10.2. The van der Waals surface area contributed by atoms with E-state index >= 15 is 0 Å². The van der Waals surface area contributed by atoms with Gasteiger partial charge in [-0.1, -0.05) is 18.2 Å². The molecule has 0 aliphatic heterocycles. The van der Waals surface area contributed by atoms with E-state index < -0.39 is 10.9 Å². The number of nitro groups is 1. The van der Waals surface area contributed by atoms with E-state index in [4.69, 9.17) is 4.74 Å². The third kappa shape index (κ3) is 3.15. The van der Waals surface area contributed by atoms with Gasteiger partial charge in [0.1, 0.15) is 19.3 Å². The molecule has 7 nitrogen and oxygen atoms in total. The summed E-state index contributed by atoms with van der Waals surface area (Å²) in [5.41, 5.74) is 0.447. The fourth-order valence-electron chi connectivity index (χ4n) is 1.53. The Hall–Kier alpha value is -2.70. The van der Waals surface area contributed by atoms with Gasteiger partial charge in [0.25, 0.3) is 0 Å². The van der Waals surface area contributed by atoms with Crippen LogP contribution in [0.15, 0.2) is 42.9 Å². The molecule has 19 heavy (non-hydrogen) atoms. The SMILES string of the molecule is O=C(OCCn1cncc1[N+](=O)[O-])c1ccccc1. The summed E-state index contributed by atoms with van der Waals surface area (Å²) in [6, 6.07) is 8.55. The maximum atomic E-state index is 11.6. The fraction of sp³-hybridized carbons (Fsp3) is 0.167. The predicted octanol–water partition coefficient (Wildman–Crippen LogP) is 1.65. The average molecular weight is 261 g/mol. The number of rotatable bonds is 5. The van der Waals surface area contributed by atoms with Crippen molar-refractivity contribution in [1.82, 2.24) is 9.55 Å². The van der Waals surface area contributed by atoms with Crippen molar-refractivity contribution in [3.63, 3.8) is 0 Å². The van der Waals surface area contributed by atoms with Crippen LogP contribution in [0.25, 0.3) is 0 Å². The summed E-state index contributed by atoms with van der Waals surface area (Å²) in [7, 11) is 0. The lowest BCUT2D eigenvalue weighted by Gasteiger charge is -2.04. The van der Waals surface area contributed by atoms with E-state index in [1.807, 2.05) is 0 Å². The molecule has 0 saturated heterocycles. The zero-order valence-electron chi connectivity index (χ0n) is 9.93. The number of nitrogens with zero attached hydrogens (tertiary/aromatic N) is 3. The van der Waals surface area contributed by atoms with Crippen LogP contribution in [0.3, 0.4) is 0 Å². The molecule has 0 fully saturated rings. The zero-order chi connectivity index (χ0) is 13.7. The molecule has 0 amide bonds. The molecule has 0 spiro atoms. The number of hydrogen-bond acceptors (Lipinski definition) is 5. The van der Waals surface area contributed by atoms with Crippen molar-refractivity contribution in [1.29, 1.82) is 0 Å². The van der Waals surface area contributed by atoms with Crippen LogP contribution in [0.5, 0.6) is 0 Å². The average Bonchev–Trinajstić information content (AvgIpc) is 2.88. The van der Waals surface area contributed by atoms with Gasteiger partial charge >= 0.3 is 11.8 Å². The first-order valence-corrected chi connectivity index (χ1v) is 5.55. The first-order chi connectivity index (χ1) is 9.18. The van der Waals surface area contributed by atoms with Crippen LogP contribution in [0.2, 0.25) is 0 Å². The molecule has 1 aromatic heterocycles. The molecule has 0 saturated carbocycles. The Balaban J connectivity index is 1.89. The number of benzene rings is 1. The quantitative estimate of drug-likeness (QED) is 0.464. The van der Waals surface area contributed by atoms with E-state index in [0.29, 0.717) is 5.56 Å². The van der Waals surface area contributed by atoms with Gasteiger partial charge in [-0.15, -0.1) is 0 Å². The zero-order valence-corrected chi connectivity index (χ0v) is 9.93. The van der Waals surface area contributed by atoms with Gasteiger partial charge in [-0.05, 0) is 17.1 Å². The van der Waals surface area contributed by atoms with Crippen molar-refractivity contribution in [2.45, 2.75) is 6.54 Å². The largest absolute Gasteiger partial charge is 0.458 e. The van der Waals surface area contributed by atoms with Gasteiger partial charge < -0.3 is 14.9 Å². The summed E-state index contributed by atoms with van der Waals surface area (Å²) in [6.07, 6.45) is 2.48. The highest BCUT2D eigenvalue weighted by Crippen LogP contribution is 2.09. The molecule has 98 valence electrons. The molecule has 0 N–H and O–H groups in total. The highest BCUT2D eigenvalue weighted by Gasteiger charge is 2.13. The van der Waals surface area contributed by atoms with Gasteiger partial charge in [0, 0.05) is 0 Å². The second-order valence-corrected chi connectivity index (χ2v) is 3.70. The third-order valence-corrected chi connectivity index (χ3v) is 2.45. The summed E-state index contributed by atoms with van der Waals surface area (Å²) >= 11 is 0. The minimum absolute atomic E-state index is 0.0466. The van der Waals surface area contributed by atoms with Crippen LogP contribution in [-0.4, -0.2) is 27.1 Å². The standard InChI is InChI=1S/C12H11N3O4/c16-12(10-4-2-1-3-5-10)19-7-6-14-9-13-8-11(14)15(17)18/h1-5,8-9H,6-7H2. The number of carbonyl (C=O) groups is 1. The Labute approximate surface area is 108 Å². The molecular formula is C12H11N3O4. The highest BCUT2D eigenvalue weighted by atomic mass is 16.6. The molecule has 0 aliphatic carbocycles. The molecule has 0 bridgehead atoms. The molecule has 1 heterocycles. The smallest absolute Gasteiger partial charge is 0.342 e. The Morgan fingerprint density at radius 1 is 1.37 bits per heavy atom. The van der Waals surface area contributed by atoms with Gasteiger partial charge in [0.15, 0.2) is 6.33 Å². The molecular weight excluding hydrogens is 250 g/mol. The Kier molecular flexibility index (Phi) is 3.87. The molecule has 2 aromatic rings. The van der Waals surface area contributed by atoms with Crippen molar-refractivity contribution in [2.24, 2.45) is 0 Å². The second kappa shape index (κ2) is 5.76. The normalized spacial score (nSPS) is 10.1. The molecule has 0 radical (unpaired) electrons. The lowest BCUT2D eigenvalue weighted by Crippen LogP contribution is -2.12. The third-order valence-electron chi connectivity index (χ3n) is 2.45. The summed E-state index contributed by atoms with van der Waals surface area (Å²) < 4.78 is 6.34. The van der Waals surface area contributed by atoms with Crippen LogP contribution in [0.1, 0.15) is 10.4 Å². The van der Waals surface area contributed by atoms with Gasteiger partial charge in [-0.25, -0.2) is 14.3 Å². The molecule has 2 rings (SSSR count). The van der Waals surface area contributed by atoms with Crippen molar-refractivity contribution >= 4 is 11.8 Å². The monoisotopic (exact) mass is 261 g/mol. The molecule has 1 aromatic carbocycles. The van der Waals surface area contributed by atoms with Gasteiger partial charge in [-0.3, -0.25) is 0 Å². The summed E-state index contributed by atoms with van der Waals surface area (Å²) in [5, 5.41) is 10.6. The number of hydrogen-bond donors (Lipinski definition) is 0. The van der Waals surface area contributed by atoms with Crippen molar-refractivity contribution < 1.29 is 14.5 Å². The van der Waals surface area contributed by atoms with Crippen LogP contribution in [0, 0.1) is 10.1 Å². The van der Waals surface area contributed by atoms with Crippen molar-refractivity contribution in [3.05, 3.63) is 58.5 Å². The molecule has 0 atom stereocenters. The van der Waals surface area contributed by atoms with E-state index in [2.05, 4.69) is 4.98 Å². The molecule has 7 heteroatoms. The maximum Gasteiger partial charge on any atom is 0.342 e. The van der Waals surface area contributed by atoms with Gasteiger partial charge in [0.2, 0.25) is 0 Å². The summed E-state index contributed by atoms with van der Waals surface area (Å²) in [5.74, 6) is -0.584. The lowest BCUT2D eigenvalue weighted by molar-refractivity contribution is -0.392. The van der Waals surface area contributed by atoms with Crippen LogP contribution >= 0.6 is 0 Å². The van der Waals surface area contributed by atoms with Gasteiger partial charge in [0.05, 0.1) is 5.56 Å². The predicted molar refractivity (Wildman–Crippen MR) is 65.6 cm³/mol. The van der Waals surface area contributed by atoms with Crippen molar-refractivity contribution in [2.75, 3.05) is 6.61 Å². The molecule has 0 aliphatic rings. The van der Waals surface area contributed by atoms with E-state index in [1.165, 1.54) is 10.9 Å². The highest BCUT2D eigenvalue weighted by molar-refractivity contribution is 5.89. The van der Waals surface area contributed by atoms with E-state index in [1.54, 1.807) is 30.3 Å². The fourth-order valence-corrected chi connectivity index (χ4v) is 1.53. The summed E-state index contributed by atoms with van der Waals surface area (Å²) in [4.78, 5) is 25.4. The number of aromatic nitrogens is 2. The number of carbonyl (C=O) groups excluding carboxylic acids is 1. The Morgan fingerprint density at radius 3 is 2.79 bits per heavy atom. The minimum atomic E-state index is -0.536. The molecule has 0 unspecified atom stereocenters. The number of ether oxygens (including phenoxy) is 1. The van der Waals surface area contributed by atoms with Crippen LogP contribution in [-0.2, 0) is 11.3 Å². The van der Waals surface area contributed by atoms with E-state index in [-0.39, 0.29) is 19.0 Å². The first kappa shape index (κ1) is 12.7. The topological polar surface area (TPSA) is 87.3 Å². The maximum absolute atomic E-state index is 11.6. The van der Waals surface area contributed by atoms with Gasteiger partial charge in [-0.2, -0.15) is 0 Å². The Bertz CT molecular complexity index is 580. The number of imidazole rings is 1.